The van der Waals surface area contributed by atoms with E-state index in [9.17, 15) is 39.4 Å². The summed E-state index contributed by atoms with van der Waals surface area (Å²) in [5.41, 5.74) is 6.61. The van der Waals surface area contributed by atoms with E-state index in [1.807, 2.05) is 0 Å². The molecule has 17 nitrogen and oxygen atoms in total. The van der Waals surface area contributed by atoms with Crippen LogP contribution in [0.5, 0.6) is 0 Å². The second-order valence-electron chi connectivity index (χ2n) is 10.6. The van der Waals surface area contributed by atoms with Crippen molar-refractivity contribution >= 4 is 23.5 Å². The van der Waals surface area contributed by atoms with Crippen molar-refractivity contribution in [2.45, 2.75) is 103 Å². The molecule has 2 N–H and O–H groups in total. The number of allylic oxidation sites excluding steroid dienone is 2. The largest absolute Gasteiger partial charge is 0.489 e. The predicted molar refractivity (Wildman–Crippen MR) is 158 cm³/mol. The highest BCUT2D eigenvalue weighted by molar-refractivity contribution is 6.23. The standard InChI is InChI=1S/C29H45N3O14/c1-20-22(26(35)28(42-3)27(41-2)25(20)34)15-10-8-6-4-5-7-9-13-17-43-29(36)23(30)19-44-24(33)16-12-11-14-21(46-32(39)40)18-45-31(37)38/h21,23H,4-19,30H2,1-3H3. The van der Waals surface area contributed by atoms with Gasteiger partial charge in [-0.2, -0.15) is 0 Å². The summed E-state index contributed by atoms with van der Waals surface area (Å²) in [7, 11) is 2.68. The van der Waals surface area contributed by atoms with Crippen molar-refractivity contribution in [3.05, 3.63) is 42.9 Å². The first-order valence-corrected chi connectivity index (χ1v) is 15.2. The number of ether oxygens (including phenoxy) is 4. The first kappa shape index (κ1) is 39.7. The van der Waals surface area contributed by atoms with Crippen LogP contribution in [0.3, 0.4) is 0 Å². The maximum atomic E-state index is 12.7. The van der Waals surface area contributed by atoms with Gasteiger partial charge in [-0.3, -0.25) is 19.2 Å². The molecule has 0 saturated carbocycles. The fourth-order valence-electron chi connectivity index (χ4n) is 4.63. The number of methoxy groups -OCH3 is 2. The van der Waals surface area contributed by atoms with Gasteiger partial charge >= 0.3 is 11.9 Å². The van der Waals surface area contributed by atoms with Crippen molar-refractivity contribution in [2.75, 3.05) is 34.0 Å². The number of Topliss-reactive ketones (excluding diaryl/α,β-unsaturated/α-hetero) is 2. The van der Waals surface area contributed by atoms with Crippen molar-refractivity contribution in [1.82, 2.24) is 0 Å². The average Bonchev–Trinajstić information content (AvgIpc) is 3.01. The van der Waals surface area contributed by atoms with E-state index in [0.29, 0.717) is 24.0 Å². The van der Waals surface area contributed by atoms with Crippen molar-refractivity contribution in [1.29, 1.82) is 0 Å². The van der Waals surface area contributed by atoms with Crippen molar-refractivity contribution in [3.8, 4) is 0 Å². The van der Waals surface area contributed by atoms with Crippen LogP contribution in [0.4, 0.5) is 0 Å². The van der Waals surface area contributed by atoms with E-state index in [1.165, 1.54) is 14.2 Å². The van der Waals surface area contributed by atoms with Crippen LogP contribution < -0.4 is 5.73 Å². The molecule has 46 heavy (non-hydrogen) atoms. The van der Waals surface area contributed by atoms with Gasteiger partial charge in [0.2, 0.25) is 23.1 Å². The lowest BCUT2D eigenvalue weighted by Gasteiger charge is -2.20. The third kappa shape index (κ3) is 15.1. The van der Waals surface area contributed by atoms with E-state index in [4.69, 9.17) is 24.7 Å². The molecular weight excluding hydrogens is 614 g/mol. The molecule has 0 aromatic rings. The van der Waals surface area contributed by atoms with Crippen LogP contribution in [0, 0.1) is 20.2 Å². The molecule has 260 valence electrons. The van der Waals surface area contributed by atoms with Crippen LogP contribution in [0.1, 0.15) is 90.4 Å². The molecular formula is C29H45N3O14. The first-order valence-electron chi connectivity index (χ1n) is 15.2. The summed E-state index contributed by atoms with van der Waals surface area (Å²) in [5.74, 6) is -2.03. The molecule has 0 saturated heterocycles. The second kappa shape index (κ2) is 22.3. The van der Waals surface area contributed by atoms with Crippen molar-refractivity contribution in [3.63, 3.8) is 0 Å². The minimum Gasteiger partial charge on any atom is -0.489 e. The summed E-state index contributed by atoms with van der Waals surface area (Å²) in [4.78, 5) is 78.1. The molecule has 0 fully saturated rings. The van der Waals surface area contributed by atoms with E-state index in [0.717, 1.165) is 44.9 Å². The number of hydrogen-bond acceptors (Lipinski definition) is 15. The van der Waals surface area contributed by atoms with E-state index in [-0.39, 0.29) is 62.0 Å². The lowest BCUT2D eigenvalue weighted by molar-refractivity contribution is -0.790. The highest BCUT2D eigenvalue weighted by atomic mass is 17.0. The van der Waals surface area contributed by atoms with Gasteiger partial charge in [0, 0.05) is 17.6 Å². The van der Waals surface area contributed by atoms with Crippen LogP contribution in [-0.2, 0) is 47.8 Å². The summed E-state index contributed by atoms with van der Waals surface area (Å²) >= 11 is 0. The average molecular weight is 660 g/mol. The number of ketones is 2. The van der Waals surface area contributed by atoms with Gasteiger partial charge in [-0.15, -0.1) is 20.2 Å². The van der Waals surface area contributed by atoms with E-state index in [1.54, 1.807) is 6.92 Å². The van der Waals surface area contributed by atoms with Gasteiger partial charge in [0.15, 0.2) is 0 Å². The number of carbonyl (C=O) groups excluding carboxylic acids is 4. The Kier molecular flexibility index (Phi) is 19.2. The summed E-state index contributed by atoms with van der Waals surface area (Å²) < 4.78 is 20.3. The number of unbranched alkanes of at least 4 members (excludes halogenated alkanes) is 8. The molecule has 1 aliphatic rings. The topological polar surface area (TPSA) is 236 Å². The SMILES string of the molecule is COC1=C(OC)C(=O)C(CCCCCCCCCCOC(=O)C(N)COC(=O)CCCCC(CO[N+](=O)[O-])O[N+](=O)[O-])=C(C)C1=O. The second-order valence-corrected chi connectivity index (χ2v) is 10.6. The number of hydrogen-bond donors (Lipinski definition) is 1. The molecule has 0 radical (unpaired) electrons. The third-order valence-corrected chi connectivity index (χ3v) is 7.14. The molecule has 0 aromatic heterocycles. The van der Waals surface area contributed by atoms with Gasteiger partial charge in [-0.05, 0) is 39.0 Å². The predicted octanol–water partition coefficient (Wildman–Crippen LogP) is 3.23. The van der Waals surface area contributed by atoms with Gasteiger partial charge in [0.05, 0.1) is 20.8 Å². The molecule has 0 spiro atoms. The third-order valence-electron chi connectivity index (χ3n) is 7.14. The lowest BCUT2D eigenvalue weighted by atomic mass is 9.89. The maximum Gasteiger partial charge on any atom is 0.326 e. The molecule has 0 bridgehead atoms. The lowest BCUT2D eigenvalue weighted by Crippen LogP contribution is -2.37. The molecule has 0 heterocycles. The maximum absolute atomic E-state index is 12.7. The Morgan fingerprint density at radius 3 is 1.96 bits per heavy atom. The zero-order valence-corrected chi connectivity index (χ0v) is 26.7. The fraction of sp³-hybridized carbons (Fsp3) is 0.724. The highest BCUT2D eigenvalue weighted by Crippen LogP contribution is 2.29. The van der Waals surface area contributed by atoms with E-state index < -0.39 is 40.9 Å². The summed E-state index contributed by atoms with van der Waals surface area (Å²) in [6, 6.07) is -1.14. The van der Waals surface area contributed by atoms with Crippen LogP contribution in [-0.4, -0.2) is 79.9 Å². The first-order chi connectivity index (χ1) is 21.9. The Labute approximate surface area is 266 Å². The Hall–Kier alpha value is -4.28. The van der Waals surface area contributed by atoms with Crippen LogP contribution >= 0.6 is 0 Å². The Balaban J connectivity index is 2.10. The molecule has 2 unspecified atom stereocenters. The number of nitrogens with two attached hydrogens (primary N) is 1. The number of nitrogens with zero attached hydrogens (tertiary/aromatic N) is 2. The molecule has 0 amide bonds. The molecule has 1 aliphatic carbocycles. The summed E-state index contributed by atoms with van der Waals surface area (Å²) in [5, 5.41) is 18.6. The van der Waals surface area contributed by atoms with Gasteiger partial charge in [-0.25, -0.2) is 0 Å². The summed E-state index contributed by atoms with van der Waals surface area (Å²) in [6.07, 6.45) is 7.08. The Morgan fingerprint density at radius 2 is 1.37 bits per heavy atom. The minimum absolute atomic E-state index is 0.0454. The molecule has 0 aromatic carbocycles. The zero-order valence-electron chi connectivity index (χ0n) is 26.7. The number of carbonyl (C=O) groups is 4. The molecule has 2 atom stereocenters. The van der Waals surface area contributed by atoms with Gasteiger partial charge in [0.1, 0.15) is 25.4 Å². The van der Waals surface area contributed by atoms with Crippen LogP contribution in [0.2, 0.25) is 0 Å². The van der Waals surface area contributed by atoms with E-state index in [2.05, 4.69) is 9.68 Å². The Morgan fingerprint density at radius 1 is 0.783 bits per heavy atom. The molecule has 17 heteroatoms. The zero-order chi connectivity index (χ0) is 34.5. The van der Waals surface area contributed by atoms with Crippen LogP contribution in [0.25, 0.3) is 0 Å². The van der Waals surface area contributed by atoms with Gasteiger partial charge in [0.25, 0.3) is 10.2 Å². The van der Waals surface area contributed by atoms with E-state index >= 15 is 0 Å². The highest BCUT2D eigenvalue weighted by Gasteiger charge is 2.34. The quantitative estimate of drug-likeness (QED) is 0.0461. The van der Waals surface area contributed by atoms with Gasteiger partial charge < -0.3 is 34.4 Å². The minimum atomic E-state index is -1.15. The van der Waals surface area contributed by atoms with Crippen LogP contribution in [0.15, 0.2) is 22.7 Å². The monoisotopic (exact) mass is 659 g/mol. The summed E-state index contributed by atoms with van der Waals surface area (Å²) in [6.45, 7) is 0.852. The number of esters is 2. The van der Waals surface area contributed by atoms with Gasteiger partial charge in [-0.1, -0.05) is 44.9 Å². The number of rotatable bonds is 26. The Bertz CT molecular complexity index is 1120. The fourth-order valence-corrected chi connectivity index (χ4v) is 4.63. The normalized spacial score (nSPS) is 14.4. The van der Waals surface area contributed by atoms with Crippen molar-refractivity contribution < 1.29 is 58.0 Å². The van der Waals surface area contributed by atoms with Crippen molar-refractivity contribution in [2.24, 2.45) is 5.73 Å². The molecule has 1 rings (SSSR count). The smallest absolute Gasteiger partial charge is 0.326 e. The molecule has 0 aliphatic heterocycles.